The molecule has 2 heterocycles. The van der Waals surface area contributed by atoms with Gasteiger partial charge in [-0.1, -0.05) is 0 Å². The number of nitrogens with one attached hydrogen (secondary N) is 1. The van der Waals surface area contributed by atoms with Crippen molar-refractivity contribution in [2.24, 2.45) is 0 Å². The van der Waals surface area contributed by atoms with Gasteiger partial charge < -0.3 is 9.73 Å². The zero-order chi connectivity index (χ0) is 11.4. The highest BCUT2D eigenvalue weighted by Crippen LogP contribution is 2.13. The van der Waals surface area contributed by atoms with Gasteiger partial charge in [-0.15, -0.1) is 0 Å². The lowest BCUT2D eigenvalue weighted by Crippen LogP contribution is -2.13. The molecule has 0 atom stereocenters. The van der Waals surface area contributed by atoms with E-state index in [1.807, 2.05) is 19.1 Å². The number of furan rings is 1. The second kappa shape index (κ2) is 5.23. The summed E-state index contributed by atoms with van der Waals surface area (Å²) in [4.78, 5) is 8.43. The number of aromatic nitrogens is 2. The van der Waals surface area contributed by atoms with E-state index in [0.717, 1.165) is 21.8 Å². The summed E-state index contributed by atoms with van der Waals surface area (Å²) in [6.07, 6.45) is 3.54. The average molecular weight is 282 g/mol. The van der Waals surface area contributed by atoms with Crippen molar-refractivity contribution in [2.75, 3.05) is 0 Å². The van der Waals surface area contributed by atoms with E-state index < -0.39 is 0 Å². The highest BCUT2D eigenvalue weighted by atomic mass is 79.9. The van der Waals surface area contributed by atoms with Crippen LogP contribution in [0.2, 0.25) is 0 Å². The van der Waals surface area contributed by atoms with Gasteiger partial charge in [-0.05, 0) is 35.0 Å². The molecule has 0 saturated heterocycles. The lowest BCUT2D eigenvalue weighted by Gasteiger charge is -2.01. The summed E-state index contributed by atoms with van der Waals surface area (Å²) in [6, 6.07) is 3.81. The van der Waals surface area contributed by atoms with Crippen molar-refractivity contribution in [3.05, 3.63) is 46.3 Å². The Morgan fingerprint density at radius 1 is 1.25 bits per heavy atom. The van der Waals surface area contributed by atoms with Crippen LogP contribution in [-0.4, -0.2) is 9.97 Å². The van der Waals surface area contributed by atoms with Crippen molar-refractivity contribution < 1.29 is 4.42 Å². The van der Waals surface area contributed by atoms with E-state index in [4.69, 9.17) is 4.42 Å². The molecular weight excluding hydrogens is 270 g/mol. The Morgan fingerprint density at radius 2 is 2.12 bits per heavy atom. The molecule has 0 aromatic carbocycles. The standard InChI is InChI=1S/C11H12BrN3O/c1-8-4-15-9(6-14-8)5-13-7-10-2-3-11(12)16-10/h2-4,6,13H,5,7H2,1H3. The van der Waals surface area contributed by atoms with Crippen LogP contribution in [0.3, 0.4) is 0 Å². The number of aryl methyl sites for hydroxylation is 1. The van der Waals surface area contributed by atoms with Gasteiger partial charge in [0.1, 0.15) is 5.76 Å². The third-order valence-corrected chi connectivity index (χ3v) is 2.49. The van der Waals surface area contributed by atoms with E-state index in [1.165, 1.54) is 0 Å². The molecule has 0 radical (unpaired) electrons. The first-order chi connectivity index (χ1) is 7.74. The largest absolute Gasteiger partial charge is 0.453 e. The molecule has 4 nitrogen and oxygen atoms in total. The van der Waals surface area contributed by atoms with Gasteiger partial charge in [-0.2, -0.15) is 0 Å². The predicted molar refractivity (Wildman–Crippen MR) is 63.7 cm³/mol. The summed E-state index contributed by atoms with van der Waals surface area (Å²) >= 11 is 3.26. The van der Waals surface area contributed by atoms with E-state index in [2.05, 4.69) is 31.2 Å². The predicted octanol–water partition coefficient (Wildman–Crippen LogP) is 2.43. The smallest absolute Gasteiger partial charge is 0.169 e. The van der Waals surface area contributed by atoms with Gasteiger partial charge in [0, 0.05) is 18.9 Å². The van der Waals surface area contributed by atoms with Crippen molar-refractivity contribution in [1.29, 1.82) is 0 Å². The highest BCUT2D eigenvalue weighted by Gasteiger charge is 1.99. The molecule has 5 heteroatoms. The minimum Gasteiger partial charge on any atom is -0.453 e. The lowest BCUT2D eigenvalue weighted by molar-refractivity contribution is 0.464. The fourth-order valence-corrected chi connectivity index (χ4v) is 1.61. The van der Waals surface area contributed by atoms with Crippen LogP contribution in [0.4, 0.5) is 0 Å². The van der Waals surface area contributed by atoms with E-state index in [1.54, 1.807) is 12.4 Å². The summed E-state index contributed by atoms with van der Waals surface area (Å²) in [5.41, 5.74) is 1.86. The molecule has 2 aromatic rings. The lowest BCUT2D eigenvalue weighted by atomic mass is 10.4. The Morgan fingerprint density at radius 3 is 2.75 bits per heavy atom. The van der Waals surface area contributed by atoms with Gasteiger partial charge >= 0.3 is 0 Å². The van der Waals surface area contributed by atoms with Gasteiger partial charge in [-0.3, -0.25) is 9.97 Å². The normalized spacial score (nSPS) is 10.6. The van der Waals surface area contributed by atoms with Gasteiger partial charge in [0.2, 0.25) is 0 Å². The minimum atomic E-state index is 0.682. The molecule has 0 amide bonds. The van der Waals surface area contributed by atoms with Gasteiger partial charge in [0.15, 0.2) is 4.67 Å². The van der Waals surface area contributed by atoms with Crippen LogP contribution in [0, 0.1) is 6.92 Å². The van der Waals surface area contributed by atoms with Crippen LogP contribution in [0.25, 0.3) is 0 Å². The van der Waals surface area contributed by atoms with Crippen molar-refractivity contribution in [1.82, 2.24) is 15.3 Å². The van der Waals surface area contributed by atoms with Crippen molar-refractivity contribution in [3.63, 3.8) is 0 Å². The van der Waals surface area contributed by atoms with Gasteiger partial charge in [0.25, 0.3) is 0 Å². The second-order valence-electron chi connectivity index (χ2n) is 3.46. The Labute approximate surface area is 102 Å². The summed E-state index contributed by atoms with van der Waals surface area (Å²) in [6.45, 7) is 3.29. The number of rotatable bonds is 4. The Balaban J connectivity index is 1.82. The fourth-order valence-electron chi connectivity index (χ4n) is 1.27. The fraction of sp³-hybridized carbons (Fsp3) is 0.273. The van der Waals surface area contributed by atoms with E-state index in [9.17, 15) is 0 Å². The summed E-state index contributed by atoms with van der Waals surface area (Å²) in [5, 5.41) is 3.23. The molecule has 0 bridgehead atoms. The quantitative estimate of drug-likeness (QED) is 0.935. The molecule has 0 aliphatic carbocycles. The van der Waals surface area contributed by atoms with E-state index in [0.29, 0.717) is 13.1 Å². The van der Waals surface area contributed by atoms with Crippen LogP contribution in [-0.2, 0) is 13.1 Å². The second-order valence-corrected chi connectivity index (χ2v) is 4.24. The molecule has 0 saturated carbocycles. The van der Waals surface area contributed by atoms with Crippen LogP contribution >= 0.6 is 15.9 Å². The summed E-state index contributed by atoms with van der Waals surface area (Å²) < 4.78 is 6.11. The number of nitrogens with zero attached hydrogens (tertiary/aromatic N) is 2. The zero-order valence-electron chi connectivity index (χ0n) is 8.90. The van der Waals surface area contributed by atoms with Crippen LogP contribution in [0.5, 0.6) is 0 Å². The first-order valence-corrected chi connectivity index (χ1v) is 5.76. The maximum absolute atomic E-state index is 5.36. The molecule has 0 unspecified atom stereocenters. The van der Waals surface area contributed by atoms with Crippen molar-refractivity contribution in [3.8, 4) is 0 Å². The molecule has 0 fully saturated rings. The molecule has 2 aromatic heterocycles. The molecule has 0 aliphatic heterocycles. The number of hydrogen-bond donors (Lipinski definition) is 1. The summed E-state index contributed by atoms with van der Waals surface area (Å²) in [7, 11) is 0. The molecular formula is C11H12BrN3O. The maximum Gasteiger partial charge on any atom is 0.169 e. The van der Waals surface area contributed by atoms with E-state index in [-0.39, 0.29) is 0 Å². The van der Waals surface area contributed by atoms with E-state index >= 15 is 0 Å². The number of halogens is 1. The molecule has 16 heavy (non-hydrogen) atoms. The van der Waals surface area contributed by atoms with Gasteiger partial charge in [0.05, 0.1) is 17.9 Å². The minimum absolute atomic E-state index is 0.682. The van der Waals surface area contributed by atoms with Crippen LogP contribution in [0.1, 0.15) is 17.1 Å². The molecule has 84 valence electrons. The summed E-state index contributed by atoms with van der Waals surface area (Å²) in [5.74, 6) is 0.895. The van der Waals surface area contributed by atoms with Crippen molar-refractivity contribution >= 4 is 15.9 Å². The Bertz CT molecular complexity index is 453. The first-order valence-electron chi connectivity index (χ1n) is 4.96. The topological polar surface area (TPSA) is 51.0 Å². The zero-order valence-corrected chi connectivity index (χ0v) is 10.5. The molecule has 0 spiro atoms. The first kappa shape index (κ1) is 11.3. The highest BCUT2D eigenvalue weighted by molar-refractivity contribution is 9.10. The third-order valence-electron chi connectivity index (χ3n) is 2.07. The van der Waals surface area contributed by atoms with Crippen LogP contribution < -0.4 is 5.32 Å². The average Bonchev–Trinajstić information content (AvgIpc) is 2.67. The number of hydrogen-bond acceptors (Lipinski definition) is 4. The monoisotopic (exact) mass is 281 g/mol. The van der Waals surface area contributed by atoms with Gasteiger partial charge in [-0.25, -0.2) is 0 Å². The molecule has 2 rings (SSSR count). The maximum atomic E-state index is 5.36. The Kier molecular flexibility index (Phi) is 3.69. The molecule has 1 N–H and O–H groups in total. The van der Waals surface area contributed by atoms with Crippen LogP contribution in [0.15, 0.2) is 33.6 Å². The SMILES string of the molecule is Cc1cnc(CNCc2ccc(Br)o2)cn1. The Hall–Kier alpha value is -1.20. The third kappa shape index (κ3) is 3.15. The molecule has 0 aliphatic rings. The van der Waals surface area contributed by atoms with Crippen molar-refractivity contribution in [2.45, 2.75) is 20.0 Å².